The van der Waals surface area contributed by atoms with Gasteiger partial charge in [0.05, 0.1) is 15.8 Å². The van der Waals surface area contributed by atoms with Crippen LogP contribution in [0, 0.1) is 16.6 Å². The van der Waals surface area contributed by atoms with Gasteiger partial charge in [-0.25, -0.2) is 9.37 Å². The molecule has 0 saturated carbocycles. The van der Waals surface area contributed by atoms with Gasteiger partial charge in [-0.1, -0.05) is 30.1 Å². The van der Waals surface area contributed by atoms with Crippen LogP contribution in [0.4, 0.5) is 15.9 Å². The number of anilines is 2. The van der Waals surface area contributed by atoms with E-state index in [4.69, 9.17) is 44.8 Å². The van der Waals surface area contributed by atoms with Gasteiger partial charge in [-0.3, -0.25) is 10.4 Å². The molecule has 1 fully saturated rings. The van der Waals surface area contributed by atoms with Crippen LogP contribution in [-0.4, -0.2) is 47.8 Å². The van der Waals surface area contributed by atoms with Gasteiger partial charge < -0.3 is 21.1 Å². The fraction of sp³-hybridized carbons (Fsp3) is 0.346. The Morgan fingerprint density at radius 1 is 1.22 bits per heavy atom. The standard InChI is InChI=1S/C24H25Cl2FN6O.C2H6S/c1-13(21-17(25)8-31-9-18(21)26)34-15-3-4-20(29)16(6-15)22(30)14-5-19(27)23(32-7-14)33-11-24(2,10-28)12-33;1-3-2/h3-9,13,30H,10-12,28-29H2,1-2H3;1-2H3/t13-;/m1./s1. The lowest BCUT2D eigenvalue weighted by Crippen LogP contribution is -2.58. The van der Waals surface area contributed by atoms with Crippen LogP contribution < -0.4 is 21.1 Å². The van der Waals surface area contributed by atoms with Crippen molar-refractivity contribution in [3.05, 3.63) is 75.4 Å². The van der Waals surface area contributed by atoms with Crippen molar-refractivity contribution in [3.8, 4) is 5.75 Å². The molecular formula is C26H31Cl2FN6OS. The molecule has 3 aromatic rings. The zero-order valence-electron chi connectivity index (χ0n) is 21.2. The highest BCUT2D eigenvalue weighted by molar-refractivity contribution is 7.97. The van der Waals surface area contributed by atoms with Gasteiger partial charge in [-0.2, -0.15) is 11.8 Å². The van der Waals surface area contributed by atoms with Gasteiger partial charge in [0, 0.05) is 66.0 Å². The number of aromatic nitrogens is 2. The summed E-state index contributed by atoms with van der Waals surface area (Å²) in [6, 6.07) is 6.25. The number of ether oxygens (including phenoxy) is 1. The smallest absolute Gasteiger partial charge is 0.166 e. The molecular weight excluding hydrogens is 534 g/mol. The van der Waals surface area contributed by atoms with Crippen molar-refractivity contribution in [2.75, 3.05) is 42.8 Å². The summed E-state index contributed by atoms with van der Waals surface area (Å²) in [4.78, 5) is 10.1. The van der Waals surface area contributed by atoms with E-state index < -0.39 is 11.9 Å². The van der Waals surface area contributed by atoms with Crippen LogP contribution in [0.5, 0.6) is 5.75 Å². The van der Waals surface area contributed by atoms with Crippen molar-refractivity contribution < 1.29 is 9.13 Å². The first kappa shape index (κ1) is 29.0. The Kier molecular flexibility index (Phi) is 9.63. The SMILES string of the molecule is CSC.C[C@@H](Oc1ccc(N)c(C(=N)c2cnc(N3CC(C)(CN)C3)c(F)c2)c1)c1c(Cl)cncc1Cl. The Morgan fingerprint density at radius 2 is 1.84 bits per heavy atom. The van der Waals surface area contributed by atoms with Crippen molar-refractivity contribution in [2.24, 2.45) is 11.1 Å². The zero-order valence-corrected chi connectivity index (χ0v) is 23.5. The molecule has 1 saturated heterocycles. The summed E-state index contributed by atoms with van der Waals surface area (Å²) in [6.45, 7) is 5.67. The van der Waals surface area contributed by atoms with Crippen LogP contribution in [-0.2, 0) is 0 Å². The van der Waals surface area contributed by atoms with Crippen LogP contribution in [0.15, 0.2) is 42.9 Å². The molecule has 198 valence electrons. The van der Waals surface area contributed by atoms with Crippen LogP contribution in [0.1, 0.15) is 36.6 Å². The molecule has 1 aliphatic heterocycles. The number of pyridine rings is 2. The Labute approximate surface area is 231 Å². The van der Waals surface area contributed by atoms with Crippen molar-refractivity contribution in [1.29, 1.82) is 5.41 Å². The highest BCUT2D eigenvalue weighted by Crippen LogP contribution is 2.35. The van der Waals surface area contributed by atoms with E-state index in [9.17, 15) is 4.39 Å². The van der Waals surface area contributed by atoms with E-state index in [2.05, 4.69) is 16.9 Å². The fourth-order valence-corrected chi connectivity index (χ4v) is 4.68. The minimum absolute atomic E-state index is 0.0314. The van der Waals surface area contributed by atoms with E-state index in [1.54, 1.807) is 36.9 Å². The molecule has 7 nitrogen and oxygen atoms in total. The van der Waals surface area contributed by atoms with E-state index in [0.29, 0.717) is 57.8 Å². The number of nitrogens with two attached hydrogens (primary N) is 2. The molecule has 1 aromatic carbocycles. The highest BCUT2D eigenvalue weighted by Gasteiger charge is 2.39. The van der Waals surface area contributed by atoms with Gasteiger partial charge in [-0.05, 0) is 43.7 Å². The summed E-state index contributed by atoms with van der Waals surface area (Å²) in [5.74, 6) is 0.215. The molecule has 0 bridgehead atoms. The molecule has 11 heteroatoms. The summed E-state index contributed by atoms with van der Waals surface area (Å²) in [5, 5.41) is 9.40. The maximum absolute atomic E-state index is 14.9. The molecule has 0 spiro atoms. The predicted molar refractivity (Wildman–Crippen MR) is 153 cm³/mol. The monoisotopic (exact) mass is 564 g/mol. The van der Waals surface area contributed by atoms with Crippen LogP contribution in [0.25, 0.3) is 0 Å². The molecule has 5 N–H and O–H groups in total. The lowest BCUT2D eigenvalue weighted by Gasteiger charge is -2.48. The fourth-order valence-electron chi connectivity index (χ4n) is 4.01. The number of nitrogens with zero attached hydrogens (tertiary/aromatic N) is 3. The molecule has 0 unspecified atom stereocenters. The lowest BCUT2D eigenvalue weighted by molar-refractivity contribution is 0.227. The quantitative estimate of drug-likeness (QED) is 0.244. The summed E-state index contributed by atoms with van der Waals surface area (Å²) in [5.41, 5.74) is 13.6. The van der Waals surface area contributed by atoms with Gasteiger partial charge in [0.15, 0.2) is 11.6 Å². The molecule has 37 heavy (non-hydrogen) atoms. The minimum Gasteiger partial charge on any atom is -0.486 e. The molecule has 0 aliphatic carbocycles. The first-order valence-electron chi connectivity index (χ1n) is 11.5. The Balaban J connectivity index is 0.00000121. The number of thioether (sulfide) groups is 1. The van der Waals surface area contributed by atoms with Crippen molar-refractivity contribution in [2.45, 2.75) is 20.0 Å². The molecule has 4 rings (SSSR count). The molecule has 1 atom stereocenters. The second-order valence-electron chi connectivity index (χ2n) is 9.21. The molecule has 0 amide bonds. The van der Waals surface area contributed by atoms with Crippen molar-refractivity contribution >= 4 is 52.2 Å². The summed E-state index contributed by atoms with van der Waals surface area (Å²) in [7, 11) is 0. The second-order valence-corrected chi connectivity index (χ2v) is 10.8. The average Bonchev–Trinajstić information content (AvgIpc) is 2.83. The second kappa shape index (κ2) is 12.3. The number of rotatable bonds is 7. The first-order chi connectivity index (χ1) is 17.5. The van der Waals surface area contributed by atoms with Gasteiger partial charge in [0.1, 0.15) is 11.9 Å². The topological polar surface area (TPSA) is 114 Å². The van der Waals surface area contributed by atoms with Crippen molar-refractivity contribution in [1.82, 2.24) is 9.97 Å². The van der Waals surface area contributed by atoms with Gasteiger partial charge in [0.25, 0.3) is 0 Å². The van der Waals surface area contributed by atoms with Crippen LogP contribution >= 0.6 is 35.0 Å². The highest BCUT2D eigenvalue weighted by atomic mass is 35.5. The molecule has 0 radical (unpaired) electrons. The maximum Gasteiger partial charge on any atom is 0.166 e. The van der Waals surface area contributed by atoms with E-state index in [1.165, 1.54) is 24.7 Å². The number of halogens is 3. The van der Waals surface area contributed by atoms with Gasteiger partial charge in [-0.15, -0.1) is 0 Å². The third-order valence-electron chi connectivity index (χ3n) is 5.95. The largest absolute Gasteiger partial charge is 0.486 e. The van der Waals surface area contributed by atoms with Gasteiger partial charge in [0.2, 0.25) is 0 Å². The van der Waals surface area contributed by atoms with E-state index in [0.717, 1.165) is 0 Å². The molecule has 1 aliphatic rings. The first-order valence-corrected chi connectivity index (χ1v) is 13.9. The summed E-state index contributed by atoms with van der Waals surface area (Å²) in [6.07, 6.45) is 8.07. The van der Waals surface area contributed by atoms with Crippen LogP contribution in [0.3, 0.4) is 0 Å². The van der Waals surface area contributed by atoms with Gasteiger partial charge >= 0.3 is 0 Å². The Morgan fingerprint density at radius 3 is 2.41 bits per heavy atom. The normalized spacial score (nSPS) is 14.8. The minimum atomic E-state index is -0.497. The van der Waals surface area contributed by atoms with Crippen LogP contribution in [0.2, 0.25) is 10.0 Å². The van der Waals surface area contributed by atoms with E-state index in [1.807, 2.05) is 17.4 Å². The lowest BCUT2D eigenvalue weighted by atomic mass is 9.82. The third kappa shape index (κ3) is 6.65. The number of hydrogen-bond donors (Lipinski definition) is 3. The summed E-state index contributed by atoms with van der Waals surface area (Å²) >= 11 is 14.2. The maximum atomic E-state index is 14.9. The zero-order chi connectivity index (χ0) is 27.3. The third-order valence-corrected chi connectivity index (χ3v) is 6.55. The number of nitrogen functional groups attached to an aromatic ring is 1. The Bertz CT molecular complexity index is 1250. The number of nitrogens with one attached hydrogen (secondary N) is 1. The molecule has 3 heterocycles. The summed E-state index contributed by atoms with van der Waals surface area (Å²) < 4.78 is 20.9. The Hall–Kier alpha value is -2.59. The van der Waals surface area contributed by atoms with Crippen molar-refractivity contribution in [3.63, 3.8) is 0 Å². The molecule has 2 aromatic heterocycles. The average molecular weight is 566 g/mol. The number of benzene rings is 1. The van der Waals surface area contributed by atoms with E-state index >= 15 is 0 Å². The number of hydrogen-bond acceptors (Lipinski definition) is 8. The predicted octanol–water partition coefficient (Wildman–Crippen LogP) is 5.83. The van der Waals surface area contributed by atoms with E-state index in [-0.39, 0.29) is 16.9 Å².